The number of hydrogen-bond acceptors (Lipinski definition) is 10. The number of nitrogens with zero attached hydrogens (tertiary/aromatic N) is 5. The number of rotatable bonds is 11. The number of aromatic amines is 2. The van der Waals surface area contributed by atoms with Crippen LogP contribution in [0, 0.1) is 11.8 Å². The Hall–Kier alpha value is -6.33. The van der Waals surface area contributed by atoms with Gasteiger partial charge in [0.05, 0.1) is 70.5 Å². The Morgan fingerprint density at radius 3 is 1.85 bits per heavy atom. The van der Waals surface area contributed by atoms with Crippen LogP contribution in [0.25, 0.3) is 44.7 Å². The van der Waals surface area contributed by atoms with E-state index in [4.69, 9.17) is 35.8 Å². The molecule has 0 radical (unpaired) electrons. The molecule has 3 aliphatic rings. The lowest BCUT2D eigenvalue weighted by molar-refractivity contribution is -0.136. The van der Waals surface area contributed by atoms with Crippen molar-refractivity contribution in [3.8, 4) is 39.5 Å². The number of imidazole rings is 2. The van der Waals surface area contributed by atoms with E-state index in [-0.39, 0.29) is 35.7 Å². The van der Waals surface area contributed by atoms with Crippen LogP contribution in [0.4, 0.5) is 9.59 Å². The molecule has 340 valence electrons. The van der Waals surface area contributed by atoms with Crippen LogP contribution in [0.15, 0.2) is 67.0 Å². The molecule has 0 saturated carbocycles. The van der Waals surface area contributed by atoms with Gasteiger partial charge >= 0.3 is 12.2 Å². The fourth-order valence-electron chi connectivity index (χ4n) is 9.37. The molecule has 2 saturated heterocycles. The number of hydrogen-bond donors (Lipinski definition) is 4. The average molecular weight is 923 g/mol. The highest BCUT2D eigenvalue weighted by atomic mass is 35.5. The molecule has 5 atom stereocenters. The highest BCUT2D eigenvalue weighted by Gasteiger charge is 2.39. The Bertz CT molecular complexity index is 2770. The number of halogens is 1. The second kappa shape index (κ2) is 17.9. The van der Waals surface area contributed by atoms with Gasteiger partial charge in [-0.2, -0.15) is 0 Å². The number of methoxy groups -OCH3 is 2. The zero-order valence-corrected chi connectivity index (χ0v) is 38.6. The van der Waals surface area contributed by atoms with Crippen molar-refractivity contribution in [2.75, 3.05) is 27.3 Å². The van der Waals surface area contributed by atoms with Crippen LogP contribution in [0.1, 0.15) is 88.2 Å². The maximum Gasteiger partial charge on any atom is 0.407 e. The van der Waals surface area contributed by atoms with Crippen LogP contribution in [0.5, 0.6) is 5.75 Å². The average Bonchev–Trinajstić information content (AvgIpc) is 4.16. The number of likely N-dealkylation sites (tertiary alicyclic amines) is 2. The number of benzene rings is 2. The standard InChI is InChI=1S/C47H52ClN9O7S/c1-24(2)39(53-46(60)62-5)43(58)55-17-7-9-33(55)41-49-22-30(51-41)26-12-14-32-28(19-26)20-35-29-13-11-27(21-36(29)64-45(57(32)35)37-15-16-38(48)65-37)31-23-50-42(52-31)34-10-8-18-56(34)44(59)40(25(3)4)54-47(61)63-6/h11-16,19-25,33-34,39-40,45H,7-10,17-18H2,1-6H3,(H,49,51)(H,50,52)(H,53,60)(H,54,61)/t33-,34-,39-,40-,45?/m0/s1. The number of alkyl carbamates (subject to hydrolysis) is 2. The summed E-state index contributed by atoms with van der Waals surface area (Å²) in [6.07, 6.45) is 4.95. The van der Waals surface area contributed by atoms with Gasteiger partial charge in [-0.05, 0) is 80.0 Å². The van der Waals surface area contributed by atoms with Gasteiger partial charge in [-0.15, -0.1) is 11.3 Å². The summed E-state index contributed by atoms with van der Waals surface area (Å²) in [7, 11) is 2.57. The van der Waals surface area contributed by atoms with Crippen molar-refractivity contribution < 1.29 is 33.4 Å². The lowest BCUT2D eigenvalue weighted by atomic mass is 10.0. The smallest absolute Gasteiger partial charge is 0.407 e. The summed E-state index contributed by atoms with van der Waals surface area (Å²) in [4.78, 5) is 72.8. The van der Waals surface area contributed by atoms with Gasteiger partial charge in [-0.1, -0.05) is 51.4 Å². The van der Waals surface area contributed by atoms with E-state index >= 15 is 0 Å². The van der Waals surface area contributed by atoms with Gasteiger partial charge in [0, 0.05) is 35.2 Å². The minimum absolute atomic E-state index is 0.132. The van der Waals surface area contributed by atoms with Crippen LogP contribution >= 0.6 is 22.9 Å². The molecule has 4 amide bonds. The minimum atomic E-state index is -0.726. The van der Waals surface area contributed by atoms with Gasteiger partial charge in [0.2, 0.25) is 18.0 Å². The molecule has 18 heteroatoms. The van der Waals surface area contributed by atoms with Crippen LogP contribution in [-0.4, -0.2) is 97.7 Å². The van der Waals surface area contributed by atoms with Gasteiger partial charge in [0.25, 0.3) is 0 Å². The van der Waals surface area contributed by atoms with E-state index in [1.54, 1.807) is 11.1 Å². The topological polar surface area (TPSA) is 189 Å². The highest BCUT2D eigenvalue weighted by molar-refractivity contribution is 7.16. The summed E-state index contributed by atoms with van der Waals surface area (Å²) in [5, 5.41) is 6.43. The molecule has 16 nitrogen and oxygen atoms in total. The molecule has 4 N–H and O–H groups in total. The van der Waals surface area contributed by atoms with Crippen molar-refractivity contribution in [2.45, 2.75) is 83.8 Å². The van der Waals surface area contributed by atoms with Gasteiger partial charge < -0.3 is 44.6 Å². The molecular formula is C47H52ClN9O7S. The Labute approximate surface area is 385 Å². The first-order chi connectivity index (χ1) is 31.3. The van der Waals surface area contributed by atoms with E-state index in [0.29, 0.717) is 34.8 Å². The SMILES string of the molecule is COC(=O)N[C@H](C(=O)N1CCC[C@H]1c1ncc(-c2ccc3c(c2)OC(c2ccc(Cl)s2)n2c-3cc3cc(-c4cnc([C@@H]5CCCN5C(=O)[C@@H](NC(=O)OC)C(C)C)[nH]4)ccc32)[nH]1)C(C)C. The molecule has 4 aromatic heterocycles. The lowest BCUT2D eigenvalue weighted by Crippen LogP contribution is -2.51. The number of aromatic nitrogens is 5. The van der Waals surface area contributed by atoms with E-state index in [9.17, 15) is 19.2 Å². The van der Waals surface area contributed by atoms with E-state index in [0.717, 1.165) is 75.2 Å². The second-order valence-electron chi connectivity index (χ2n) is 17.5. The summed E-state index contributed by atoms with van der Waals surface area (Å²) >= 11 is 7.98. The number of carbonyl (C=O) groups excluding carboxylic acids is 4. The third-order valence-electron chi connectivity index (χ3n) is 12.7. The number of fused-ring (bicyclic) bond motifs is 5. The molecule has 2 aromatic carbocycles. The Balaban J connectivity index is 1.00. The molecule has 0 bridgehead atoms. The zero-order chi connectivity index (χ0) is 45.7. The fourth-order valence-corrected chi connectivity index (χ4v) is 10.5. The van der Waals surface area contributed by atoms with E-state index in [2.05, 4.69) is 55.5 Å². The molecule has 65 heavy (non-hydrogen) atoms. The number of carbonyl (C=O) groups is 4. The number of nitrogens with one attached hydrogen (secondary N) is 4. The van der Waals surface area contributed by atoms with Gasteiger partial charge in [0.15, 0.2) is 0 Å². The summed E-state index contributed by atoms with van der Waals surface area (Å²) in [6, 6.07) is 16.5. The maximum absolute atomic E-state index is 13.8. The predicted molar refractivity (Wildman–Crippen MR) is 246 cm³/mol. The fraction of sp³-hybridized carbons (Fsp3) is 0.404. The minimum Gasteiger partial charge on any atom is -0.464 e. The third-order valence-corrected chi connectivity index (χ3v) is 14.0. The van der Waals surface area contributed by atoms with Crippen LogP contribution in [0.3, 0.4) is 0 Å². The van der Waals surface area contributed by atoms with Crippen molar-refractivity contribution in [2.24, 2.45) is 11.8 Å². The van der Waals surface area contributed by atoms with Crippen molar-refractivity contribution >= 4 is 57.8 Å². The Morgan fingerprint density at radius 1 is 0.769 bits per heavy atom. The Morgan fingerprint density at radius 2 is 1.32 bits per heavy atom. The number of H-pyrrole nitrogens is 2. The molecular weight excluding hydrogens is 870 g/mol. The molecule has 1 unspecified atom stereocenters. The van der Waals surface area contributed by atoms with Gasteiger partial charge in [0.1, 0.15) is 29.5 Å². The molecule has 3 aliphatic heterocycles. The third kappa shape index (κ3) is 8.31. The van der Waals surface area contributed by atoms with Crippen LogP contribution in [0.2, 0.25) is 4.34 Å². The summed E-state index contributed by atoms with van der Waals surface area (Å²) in [6.45, 7) is 8.72. The second-order valence-corrected chi connectivity index (χ2v) is 19.2. The van der Waals surface area contributed by atoms with E-state index in [1.165, 1.54) is 25.6 Å². The molecule has 0 spiro atoms. The molecule has 7 heterocycles. The lowest BCUT2D eigenvalue weighted by Gasteiger charge is -2.30. The van der Waals surface area contributed by atoms with Crippen LogP contribution in [-0.2, 0) is 19.1 Å². The monoisotopic (exact) mass is 921 g/mol. The molecule has 9 rings (SSSR count). The maximum atomic E-state index is 13.8. The van der Waals surface area contributed by atoms with Crippen molar-refractivity contribution in [3.05, 3.63) is 87.9 Å². The van der Waals surface area contributed by atoms with Crippen molar-refractivity contribution in [3.63, 3.8) is 0 Å². The summed E-state index contributed by atoms with van der Waals surface area (Å²) in [5.74, 6) is 1.48. The summed E-state index contributed by atoms with van der Waals surface area (Å²) in [5.41, 5.74) is 6.30. The normalized spacial score (nSPS) is 18.9. The van der Waals surface area contributed by atoms with Gasteiger partial charge in [-0.3, -0.25) is 14.2 Å². The number of amides is 4. The molecule has 0 aliphatic carbocycles. The van der Waals surface area contributed by atoms with Gasteiger partial charge in [-0.25, -0.2) is 19.6 Å². The molecule has 6 aromatic rings. The number of thiophene rings is 1. The molecule has 2 fully saturated rings. The summed E-state index contributed by atoms with van der Waals surface area (Å²) < 4.78 is 19.4. The first-order valence-electron chi connectivity index (χ1n) is 21.9. The first-order valence-corrected chi connectivity index (χ1v) is 23.1. The van der Waals surface area contributed by atoms with Crippen molar-refractivity contribution in [1.82, 2.24) is 44.9 Å². The van der Waals surface area contributed by atoms with Crippen LogP contribution < -0.4 is 15.4 Å². The quantitative estimate of drug-likeness (QED) is 0.0984. The first kappa shape index (κ1) is 43.9. The van der Waals surface area contributed by atoms with E-state index < -0.39 is 30.5 Å². The number of ether oxygens (including phenoxy) is 3. The van der Waals surface area contributed by atoms with E-state index in [1.807, 2.05) is 63.1 Å². The Kier molecular flexibility index (Phi) is 12.1. The zero-order valence-electron chi connectivity index (χ0n) is 37.0. The highest BCUT2D eigenvalue weighted by Crippen LogP contribution is 2.47. The predicted octanol–water partition coefficient (Wildman–Crippen LogP) is 8.83. The largest absolute Gasteiger partial charge is 0.464 e. The van der Waals surface area contributed by atoms with Crippen molar-refractivity contribution in [1.29, 1.82) is 0 Å².